The number of carbonyl (C=O) groups excluding carboxylic acids is 1. The maximum atomic E-state index is 13.1. The second-order valence-corrected chi connectivity index (χ2v) is 8.80. The molecule has 0 aliphatic carbocycles. The van der Waals surface area contributed by atoms with Crippen LogP contribution in [0.4, 0.5) is 0 Å². The van der Waals surface area contributed by atoms with Gasteiger partial charge in [0.25, 0.3) is 10.0 Å². The Morgan fingerprint density at radius 1 is 1.00 bits per heavy atom. The maximum Gasteiger partial charge on any atom is 0.267 e. The molecule has 0 atom stereocenters. The predicted molar refractivity (Wildman–Crippen MR) is 116 cm³/mol. The highest BCUT2D eigenvalue weighted by molar-refractivity contribution is 7.90. The first-order chi connectivity index (χ1) is 15.4. The highest BCUT2D eigenvalue weighted by Gasteiger charge is 2.21. The van der Waals surface area contributed by atoms with Crippen LogP contribution in [0.1, 0.15) is 27.3 Å². The van der Waals surface area contributed by atoms with E-state index in [0.29, 0.717) is 18.4 Å². The number of nitrogens with one attached hydrogen (secondary N) is 1. The van der Waals surface area contributed by atoms with Gasteiger partial charge in [0.1, 0.15) is 5.76 Å². The van der Waals surface area contributed by atoms with Crippen molar-refractivity contribution in [2.24, 2.45) is 0 Å². The SMILES string of the molecule is O=C(/C=C(\O)c1cn(S(=O)(=O)c2ccccc2)cc1CCc1ccccc1)c1nn[nH]n1. The van der Waals surface area contributed by atoms with Crippen molar-refractivity contribution >= 4 is 21.6 Å². The zero-order valence-corrected chi connectivity index (χ0v) is 17.6. The number of aromatic nitrogens is 5. The number of aliphatic hydroxyl groups excluding tert-OH is 1. The molecule has 2 heterocycles. The monoisotopic (exact) mass is 449 g/mol. The summed E-state index contributed by atoms with van der Waals surface area (Å²) >= 11 is 0. The third-order valence-corrected chi connectivity index (χ3v) is 6.47. The van der Waals surface area contributed by atoms with Gasteiger partial charge in [0.15, 0.2) is 0 Å². The number of rotatable bonds is 8. The lowest BCUT2D eigenvalue weighted by Gasteiger charge is -2.05. The molecule has 0 unspecified atom stereocenters. The van der Waals surface area contributed by atoms with Crippen LogP contribution in [0.3, 0.4) is 0 Å². The first-order valence-corrected chi connectivity index (χ1v) is 11.1. The van der Waals surface area contributed by atoms with E-state index >= 15 is 0 Å². The van der Waals surface area contributed by atoms with E-state index in [1.54, 1.807) is 18.2 Å². The fourth-order valence-electron chi connectivity index (χ4n) is 3.21. The number of H-pyrrole nitrogens is 1. The van der Waals surface area contributed by atoms with Gasteiger partial charge in [0.2, 0.25) is 11.6 Å². The molecule has 2 aromatic heterocycles. The number of nitrogens with zero attached hydrogens (tertiary/aromatic N) is 4. The van der Waals surface area contributed by atoms with E-state index in [-0.39, 0.29) is 22.0 Å². The Labute approximate surface area is 184 Å². The normalized spacial score (nSPS) is 12.1. The van der Waals surface area contributed by atoms with Crippen LogP contribution in [-0.2, 0) is 22.9 Å². The van der Waals surface area contributed by atoms with Crippen LogP contribution in [0, 0.1) is 0 Å². The summed E-state index contributed by atoms with van der Waals surface area (Å²) in [7, 11) is -3.88. The van der Waals surface area contributed by atoms with Crippen LogP contribution in [-0.4, -0.2) is 43.9 Å². The quantitative estimate of drug-likeness (QED) is 0.240. The molecule has 4 aromatic rings. The van der Waals surface area contributed by atoms with Gasteiger partial charge in [-0.1, -0.05) is 48.5 Å². The van der Waals surface area contributed by atoms with Crippen molar-refractivity contribution in [1.82, 2.24) is 24.6 Å². The molecule has 32 heavy (non-hydrogen) atoms. The van der Waals surface area contributed by atoms with Crippen LogP contribution in [0.25, 0.3) is 5.76 Å². The largest absolute Gasteiger partial charge is 0.507 e. The molecule has 0 fully saturated rings. The van der Waals surface area contributed by atoms with Crippen LogP contribution >= 0.6 is 0 Å². The molecule has 0 aliphatic heterocycles. The Hall–Kier alpha value is -4.05. The molecule has 0 spiro atoms. The second-order valence-electron chi connectivity index (χ2n) is 6.96. The van der Waals surface area contributed by atoms with E-state index in [1.807, 2.05) is 30.3 Å². The summed E-state index contributed by atoms with van der Waals surface area (Å²) in [5, 5.41) is 23.3. The fraction of sp³-hybridized carbons (Fsp3) is 0.0909. The van der Waals surface area contributed by atoms with Crippen LogP contribution in [0.2, 0.25) is 0 Å². The van der Waals surface area contributed by atoms with Crippen molar-refractivity contribution in [2.45, 2.75) is 17.7 Å². The molecule has 0 saturated heterocycles. The van der Waals surface area contributed by atoms with Gasteiger partial charge >= 0.3 is 0 Å². The summed E-state index contributed by atoms with van der Waals surface area (Å²) in [6, 6.07) is 17.7. The standard InChI is InChI=1S/C22H19N5O4S/c28-20(13-21(29)22-23-25-26-24-22)19-15-27(32(30,31)18-9-5-2-6-10-18)14-17(19)12-11-16-7-3-1-4-8-16/h1-10,13-15,28H,11-12H2,(H,23,24,25,26)/b20-13-. The van der Waals surface area contributed by atoms with Crippen LogP contribution in [0.5, 0.6) is 0 Å². The first-order valence-electron chi connectivity index (χ1n) is 9.69. The number of aliphatic hydroxyl groups is 1. The van der Waals surface area contributed by atoms with Gasteiger partial charge in [-0.2, -0.15) is 5.21 Å². The lowest BCUT2D eigenvalue weighted by Crippen LogP contribution is -2.10. The lowest BCUT2D eigenvalue weighted by atomic mass is 10.0. The molecular formula is C22H19N5O4S. The first kappa shape index (κ1) is 21.2. The molecule has 0 amide bonds. The number of hydrogen-bond acceptors (Lipinski definition) is 7. The van der Waals surface area contributed by atoms with E-state index in [1.165, 1.54) is 24.5 Å². The summed E-state index contributed by atoms with van der Waals surface area (Å²) < 4.78 is 27.2. The Balaban J connectivity index is 1.72. The zero-order valence-electron chi connectivity index (χ0n) is 16.8. The molecule has 0 bridgehead atoms. The Morgan fingerprint density at radius 2 is 1.69 bits per heavy atom. The number of carbonyl (C=O) groups is 1. The maximum absolute atomic E-state index is 13.1. The molecule has 0 radical (unpaired) electrons. The van der Waals surface area contributed by atoms with Gasteiger partial charge < -0.3 is 5.11 Å². The summed E-state index contributed by atoms with van der Waals surface area (Å²) in [5.41, 5.74) is 1.86. The second kappa shape index (κ2) is 8.98. The summed E-state index contributed by atoms with van der Waals surface area (Å²) in [6.07, 6.45) is 4.79. The number of aromatic amines is 1. The molecule has 9 nitrogen and oxygen atoms in total. The highest BCUT2D eigenvalue weighted by atomic mass is 32.2. The van der Waals surface area contributed by atoms with Crippen molar-refractivity contribution in [1.29, 1.82) is 0 Å². The number of allylic oxidation sites excluding steroid dienone is 1. The molecule has 10 heteroatoms. The lowest BCUT2D eigenvalue weighted by molar-refractivity contribution is 0.103. The summed E-state index contributed by atoms with van der Waals surface area (Å²) in [4.78, 5) is 12.4. The minimum absolute atomic E-state index is 0.113. The smallest absolute Gasteiger partial charge is 0.267 e. The number of benzene rings is 2. The van der Waals surface area contributed by atoms with Gasteiger partial charge in [0, 0.05) is 24.0 Å². The van der Waals surface area contributed by atoms with Gasteiger partial charge in [-0.15, -0.1) is 10.2 Å². The van der Waals surface area contributed by atoms with Gasteiger partial charge in [-0.3, -0.25) is 4.79 Å². The molecule has 162 valence electrons. The molecule has 4 rings (SSSR count). The number of tetrazole rings is 1. The Bertz CT molecular complexity index is 1350. The number of aryl methyl sites for hydroxylation is 2. The topological polar surface area (TPSA) is 131 Å². The third kappa shape index (κ3) is 4.49. The van der Waals surface area contributed by atoms with E-state index in [9.17, 15) is 18.3 Å². The molecule has 0 saturated carbocycles. The average Bonchev–Trinajstić information content (AvgIpc) is 3.50. The van der Waals surface area contributed by atoms with Crippen molar-refractivity contribution in [2.75, 3.05) is 0 Å². The van der Waals surface area contributed by atoms with Gasteiger partial charge in [-0.05, 0) is 41.3 Å². The van der Waals surface area contributed by atoms with Gasteiger partial charge in [-0.25, -0.2) is 12.4 Å². The predicted octanol–water partition coefficient (Wildman–Crippen LogP) is 2.81. The molecule has 2 N–H and O–H groups in total. The highest BCUT2D eigenvalue weighted by Crippen LogP contribution is 2.24. The molecule has 2 aromatic carbocycles. The molecular weight excluding hydrogens is 430 g/mol. The van der Waals surface area contributed by atoms with Gasteiger partial charge in [0.05, 0.1) is 4.90 Å². The van der Waals surface area contributed by atoms with E-state index in [2.05, 4.69) is 20.6 Å². The third-order valence-electron chi connectivity index (χ3n) is 4.84. The van der Waals surface area contributed by atoms with Crippen LogP contribution < -0.4 is 0 Å². The minimum Gasteiger partial charge on any atom is -0.507 e. The van der Waals surface area contributed by atoms with Crippen molar-refractivity contribution in [3.63, 3.8) is 0 Å². The van der Waals surface area contributed by atoms with Crippen LogP contribution in [0.15, 0.2) is 84.0 Å². The van der Waals surface area contributed by atoms with Crippen molar-refractivity contribution in [3.8, 4) is 0 Å². The van der Waals surface area contributed by atoms with Crippen molar-refractivity contribution < 1.29 is 18.3 Å². The number of ketones is 1. The molecule has 0 aliphatic rings. The Morgan fingerprint density at radius 3 is 2.34 bits per heavy atom. The summed E-state index contributed by atoms with van der Waals surface area (Å²) in [6.45, 7) is 0. The van der Waals surface area contributed by atoms with E-state index in [0.717, 1.165) is 15.6 Å². The minimum atomic E-state index is -3.88. The fourth-order valence-corrected chi connectivity index (χ4v) is 4.46. The Kier molecular flexibility index (Phi) is 5.95. The van der Waals surface area contributed by atoms with Crippen molar-refractivity contribution in [3.05, 3.63) is 102 Å². The zero-order chi connectivity index (χ0) is 22.6. The average molecular weight is 449 g/mol. The number of hydrogen-bond donors (Lipinski definition) is 2. The van der Waals surface area contributed by atoms with E-state index in [4.69, 9.17) is 0 Å². The van der Waals surface area contributed by atoms with E-state index < -0.39 is 15.8 Å². The summed E-state index contributed by atoms with van der Waals surface area (Å²) in [5.74, 6) is -1.26.